The first-order valence-electron chi connectivity index (χ1n) is 5.06. The number of amides is 3. The average molecular weight is 232 g/mol. The Hall–Kier alpha value is -2.30. The first-order chi connectivity index (χ1) is 8.11. The highest BCUT2D eigenvalue weighted by molar-refractivity contribution is 6.11. The number of imide groups is 1. The van der Waals surface area contributed by atoms with Crippen LogP contribution in [-0.2, 0) is 11.3 Å². The molecule has 1 fully saturated rings. The molecule has 0 atom stereocenters. The van der Waals surface area contributed by atoms with E-state index in [1.54, 1.807) is 31.4 Å². The highest BCUT2D eigenvalue weighted by Crippen LogP contribution is 2.16. The van der Waals surface area contributed by atoms with Gasteiger partial charge in [-0.2, -0.15) is 0 Å². The van der Waals surface area contributed by atoms with Crippen LogP contribution in [-0.4, -0.2) is 23.9 Å². The van der Waals surface area contributed by atoms with Gasteiger partial charge >= 0.3 is 6.03 Å². The molecule has 0 saturated carbocycles. The molecule has 1 saturated heterocycles. The van der Waals surface area contributed by atoms with Crippen LogP contribution >= 0.6 is 0 Å². The van der Waals surface area contributed by atoms with Gasteiger partial charge < -0.3 is 10.1 Å². The van der Waals surface area contributed by atoms with Crippen LogP contribution in [0.2, 0.25) is 0 Å². The van der Waals surface area contributed by atoms with Crippen LogP contribution in [0.25, 0.3) is 0 Å². The van der Waals surface area contributed by atoms with Crippen molar-refractivity contribution >= 4 is 11.9 Å². The molecule has 3 amide bonds. The van der Waals surface area contributed by atoms with Gasteiger partial charge in [-0.3, -0.25) is 9.69 Å². The molecule has 2 rings (SSSR count). The van der Waals surface area contributed by atoms with Gasteiger partial charge in [0.25, 0.3) is 5.91 Å². The zero-order valence-electron chi connectivity index (χ0n) is 9.40. The van der Waals surface area contributed by atoms with Gasteiger partial charge in [0.1, 0.15) is 11.4 Å². The van der Waals surface area contributed by atoms with E-state index < -0.39 is 6.03 Å². The van der Waals surface area contributed by atoms with Crippen LogP contribution in [0, 0.1) is 0 Å². The fourth-order valence-corrected chi connectivity index (χ4v) is 1.56. The molecule has 1 aromatic carbocycles. The summed E-state index contributed by atoms with van der Waals surface area (Å²) in [5, 5.41) is 2.38. The maximum absolute atomic E-state index is 11.6. The van der Waals surface area contributed by atoms with Crippen molar-refractivity contribution in [2.24, 2.45) is 0 Å². The zero-order chi connectivity index (χ0) is 12.4. The number of rotatable bonds is 3. The summed E-state index contributed by atoms with van der Waals surface area (Å²) < 4.78 is 5.02. The predicted octanol–water partition coefficient (Wildman–Crippen LogP) is 1.26. The molecule has 5 nitrogen and oxygen atoms in total. The summed E-state index contributed by atoms with van der Waals surface area (Å²) in [5.74, 6) is 0.348. The molecule has 1 aromatic rings. The standard InChI is InChI=1S/C12H12N2O3/c1-8-11(15)14(12(16)13-8)7-9-3-5-10(17-2)6-4-9/h3-6H,1,7H2,2H3,(H,13,16). The summed E-state index contributed by atoms with van der Waals surface area (Å²) in [4.78, 5) is 24.1. The number of hydrogen-bond acceptors (Lipinski definition) is 3. The molecule has 1 N–H and O–H groups in total. The van der Waals surface area contributed by atoms with Crippen molar-refractivity contribution in [3.05, 3.63) is 42.1 Å². The average Bonchev–Trinajstić information content (AvgIpc) is 2.57. The molecule has 0 radical (unpaired) electrons. The van der Waals surface area contributed by atoms with Gasteiger partial charge in [-0.1, -0.05) is 18.7 Å². The Balaban J connectivity index is 2.12. The van der Waals surface area contributed by atoms with Crippen molar-refractivity contribution in [3.63, 3.8) is 0 Å². The summed E-state index contributed by atoms with van der Waals surface area (Å²) in [7, 11) is 1.58. The molecular weight excluding hydrogens is 220 g/mol. The maximum Gasteiger partial charge on any atom is 0.329 e. The lowest BCUT2D eigenvalue weighted by molar-refractivity contribution is -0.123. The Bertz CT molecular complexity index is 479. The number of hydrogen-bond donors (Lipinski definition) is 1. The summed E-state index contributed by atoms with van der Waals surface area (Å²) in [6.07, 6.45) is 0. The smallest absolute Gasteiger partial charge is 0.329 e. The quantitative estimate of drug-likeness (QED) is 0.630. The summed E-state index contributed by atoms with van der Waals surface area (Å²) in [5.41, 5.74) is 0.965. The molecular formula is C12H12N2O3. The van der Waals surface area contributed by atoms with E-state index in [0.717, 1.165) is 16.2 Å². The van der Waals surface area contributed by atoms with Gasteiger partial charge in [-0.05, 0) is 17.7 Å². The van der Waals surface area contributed by atoms with Crippen LogP contribution in [0.15, 0.2) is 36.5 Å². The van der Waals surface area contributed by atoms with Crippen molar-refractivity contribution in [1.29, 1.82) is 0 Å². The van der Waals surface area contributed by atoms with Gasteiger partial charge in [0, 0.05) is 0 Å². The predicted molar refractivity (Wildman–Crippen MR) is 61.2 cm³/mol. The largest absolute Gasteiger partial charge is 0.497 e. The van der Waals surface area contributed by atoms with E-state index in [0.29, 0.717) is 0 Å². The van der Waals surface area contributed by atoms with Crippen LogP contribution < -0.4 is 10.1 Å². The van der Waals surface area contributed by atoms with Gasteiger partial charge in [-0.25, -0.2) is 4.79 Å². The molecule has 1 aliphatic rings. The molecule has 5 heteroatoms. The third kappa shape index (κ3) is 2.13. The van der Waals surface area contributed by atoms with Gasteiger partial charge in [0.05, 0.1) is 13.7 Å². The van der Waals surface area contributed by atoms with E-state index in [1.165, 1.54) is 0 Å². The Morgan fingerprint density at radius 3 is 2.41 bits per heavy atom. The minimum atomic E-state index is -0.434. The fourth-order valence-electron chi connectivity index (χ4n) is 1.56. The zero-order valence-corrected chi connectivity index (χ0v) is 9.40. The van der Waals surface area contributed by atoms with Crippen LogP contribution in [0.5, 0.6) is 5.75 Å². The lowest BCUT2D eigenvalue weighted by atomic mass is 10.2. The highest BCUT2D eigenvalue weighted by Gasteiger charge is 2.31. The normalized spacial score (nSPS) is 15.1. The number of nitrogens with zero attached hydrogens (tertiary/aromatic N) is 1. The van der Waals surface area contributed by atoms with Gasteiger partial charge in [0.15, 0.2) is 0 Å². The number of ether oxygens (including phenoxy) is 1. The van der Waals surface area contributed by atoms with Crippen molar-refractivity contribution in [3.8, 4) is 5.75 Å². The second-order valence-corrected chi connectivity index (χ2v) is 3.65. The van der Waals surface area contributed by atoms with Crippen LogP contribution in [0.4, 0.5) is 4.79 Å². The van der Waals surface area contributed by atoms with E-state index in [2.05, 4.69) is 11.9 Å². The fraction of sp³-hybridized carbons (Fsp3) is 0.167. The molecule has 0 aliphatic carbocycles. The monoisotopic (exact) mass is 232 g/mol. The number of urea groups is 1. The van der Waals surface area contributed by atoms with E-state index in [1.807, 2.05) is 0 Å². The third-order valence-electron chi connectivity index (χ3n) is 2.51. The van der Waals surface area contributed by atoms with Crippen LogP contribution in [0.3, 0.4) is 0 Å². The van der Waals surface area contributed by atoms with Crippen molar-refractivity contribution in [1.82, 2.24) is 10.2 Å². The Morgan fingerprint density at radius 2 is 1.94 bits per heavy atom. The minimum absolute atomic E-state index is 0.114. The maximum atomic E-state index is 11.6. The summed E-state index contributed by atoms with van der Waals surface area (Å²) in [6.45, 7) is 3.69. The Morgan fingerprint density at radius 1 is 1.29 bits per heavy atom. The van der Waals surface area contributed by atoms with E-state index >= 15 is 0 Å². The van der Waals surface area contributed by atoms with E-state index in [9.17, 15) is 9.59 Å². The molecule has 0 spiro atoms. The van der Waals surface area contributed by atoms with Gasteiger partial charge in [-0.15, -0.1) is 0 Å². The molecule has 1 heterocycles. The topological polar surface area (TPSA) is 58.6 Å². The third-order valence-corrected chi connectivity index (χ3v) is 2.51. The summed E-state index contributed by atoms with van der Waals surface area (Å²) >= 11 is 0. The van der Waals surface area contributed by atoms with Crippen molar-refractivity contribution in [2.45, 2.75) is 6.54 Å². The first kappa shape index (κ1) is 11.2. The molecule has 17 heavy (non-hydrogen) atoms. The first-order valence-corrected chi connectivity index (χ1v) is 5.06. The minimum Gasteiger partial charge on any atom is -0.497 e. The summed E-state index contributed by atoms with van der Waals surface area (Å²) in [6, 6.07) is 6.74. The van der Waals surface area contributed by atoms with Crippen molar-refractivity contribution in [2.75, 3.05) is 7.11 Å². The highest BCUT2D eigenvalue weighted by atomic mass is 16.5. The molecule has 1 aliphatic heterocycles. The molecule has 0 aromatic heterocycles. The van der Waals surface area contributed by atoms with Crippen LogP contribution in [0.1, 0.15) is 5.56 Å². The molecule has 0 unspecified atom stereocenters. The van der Waals surface area contributed by atoms with E-state index in [-0.39, 0.29) is 18.1 Å². The number of methoxy groups -OCH3 is 1. The number of carbonyl (C=O) groups is 2. The van der Waals surface area contributed by atoms with E-state index in [4.69, 9.17) is 4.74 Å². The lowest BCUT2D eigenvalue weighted by Crippen LogP contribution is -2.30. The molecule has 88 valence electrons. The lowest BCUT2D eigenvalue weighted by Gasteiger charge is -2.12. The Labute approximate surface area is 98.7 Å². The molecule has 0 bridgehead atoms. The second-order valence-electron chi connectivity index (χ2n) is 3.65. The van der Waals surface area contributed by atoms with Crippen molar-refractivity contribution < 1.29 is 14.3 Å². The number of benzene rings is 1. The SMILES string of the molecule is C=C1NC(=O)N(Cc2ccc(OC)cc2)C1=O. The van der Waals surface area contributed by atoms with Gasteiger partial charge in [0.2, 0.25) is 0 Å². The Kier molecular flexibility index (Phi) is 2.82. The number of nitrogens with one attached hydrogen (secondary N) is 1. The number of carbonyl (C=O) groups excluding carboxylic acids is 2. The second kappa shape index (κ2) is 4.29.